The van der Waals surface area contributed by atoms with Crippen LogP contribution in [0, 0.1) is 0 Å². The van der Waals surface area contributed by atoms with E-state index in [9.17, 15) is 15.3 Å². The summed E-state index contributed by atoms with van der Waals surface area (Å²) in [6, 6.07) is 32.7. The number of hydrogen-bond acceptors (Lipinski definition) is 9. The molecule has 0 aliphatic rings. The Balaban J connectivity index is 0.000000174. The van der Waals surface area contributed by atoms with Crippen molar-refractivity contribution in [3.63, 3.8) is 0 Å². The summed E-state index contributed by atoms with van der Waals surface area (Å²) < 4.78 is 5.86. The molecule has 0 unspecified atom stereocenters. The number of nitrogens with one attached hydrogen (secondary N) is 2. The average Bonchev–Trinajstić information content (AvgIpc) is 3.90. The minimum absolute atomic E-state index is 0. The molecule has 0 radical (unpaired) electrons. The summed E-state index contributed by atoms with van der Waals surface area (Å²) in [6.45, 7) is -0.0212. The first-order valence-electron chi connectivity index (χ1n) is 18.3. The summed E-state index contributed by atoms with van der Waals surface area (Å²) in [4.78, 5) is 22.9. The van der Waals surface area contributed by atoms with Crippen LogP contribution in [0.3, 0.4) is 0 Å². The number of nitrogens with zero attached hydrogens (tertiary/aromatic N) is 4. The van der Waals surface area contributed by atoms with E-state index in [2.05, 4.69) is 29.9 Å². The van der Waals surface area contributed by atoms with Crippen LogP contribution >= 0.6 is 81.2 Å². The predicted molar refractivity (Wildman–Crippen MR) is 250 cm³/mol. The fourth-order valence-electron chi connectivity index (χ4n) is 5.78. The first-order chi connectivity index (χ1) is 30.3. The Morgan fingerprint density at radius 1 is 0.500 bits per heavy atom. The molecule has 0 saturated carbocycles. The molecule has 4 aromatic heterocycles. The summed E-state index contributed by atoms with van der Waals surface area (Å²) in [7, 11) is 0. The van der Waals surface area contributed by atoms with E-state index in [0.29, 0.717) is 58.0 Å². The number of fused-ring (bicyclic) bond motifs is 2. The molecule has 4 heterocycles. The molecule has 9 rings (SSSR count). The molecule has 0 amide bonds. The fraction of sp³-hybridized carbons (Fsp3) is 0.0667. The number of aromatic hydroxyl groups is 2. The summed E-state index contributed by atoms with van der Waals surface area (Å²) in [6.07, 6.45) is 2.86. The van der Waals surface area contributed by atoms with E-state index in [-0.39, 0.29) is 60.9 Å². The van der Waals surface area contributed by atoms with Gasteiger partial charge in [0.1, 0.15) is 47.2 Å². The van der Waals surface area contributed by atoms with E-state index in [1.807, 2.05) is 36.4 Å². The number of aliphatic hydroxyl groups is 1. The van der Waals surface area contributed by atoms with Crippen LogP contribution in [0.5, 0.6) is 17.4 Å². The standard InChI is InChI=1S/C19H13Cl2N3O2.C12H8ClN3O.C7H6Cl2O.C7H5Cl2O.Na/c20-13-5-11(6-14(21)7-13)9-26-19-16-8-17(24-18(16)22-10-23-19)12-1-3-15(25)4-2-12;13-11-9-5-10(16-12(9)15-6-14-11)7-1-3-8(17)4-2-7;2*8-6-1-5(4-10)2-7(9)3-6;/h1-8,10,25H,9H2,(H,22,23,24);1-6,17H,(H,14,15,16);1-3,10H,4H2;1-3H,4H2;/q;;;-1;+1. The van der Waals surface area contributed by atoms with E-state index in [0.717, 1.165) is 44.4 Å². The van der Waals surface area contributed by atoms with Gasteiger partial charge in [-0.25, -0.2) is 19.9 Å². The van der Waals surface area contributed by atoms with Gasteiger partial charge < -0.3 is 35.1 Å². The molecule has 0 bridgehead atoms. The van der Waals surface area contributed by atoms with Gasteiger partial charge in [0, 0.05) is 41.5 Å². The summed E-state index contributed by atoms with van der Waals surface area (Å²) in [5.41, 5.74) is 7.21. The Morgan fingerprint density at radius 3 is 1.34 bits per heavy atom. The maximum absolute atomic E-state index is 10.3. The van der Waals surface area contributed by atoms with E-state index in [4.69, 9.17) is 91.0 Å². The molecule has 19 heteroatoms. The molecule has 5 N–H and O–H groups in total. The Bertz CT molecular complexity index is 2850. The molecule has 5 aromatic carbocycles. The number of phenols is 2. The summed E-state index contributed by atoms with van der Waals surface area (Å²) in [5, 5.41) is 42.9. The van der Waals surface area contributed by atoms with Gasteiger partial charge >= 0.3 is 29.6 Å². The van der Waals surface area contributed by atoms with Crippen molar-refractivity contribution in [1.82, 2.24) is 29.9 Å². The van der Waals surface area contributed by atoms with Gasteiger partial charge in [0.15, 0.2) is 0 Å². The summed E-state index contributed by atoms with van der Waals surface area (Å²) in [5.74, 6) is 0.920. The van der Waals surface area contributed by atoms with Crippen molar-refractivity contribution < 1.29 is 54.7 Å². The summed E-state index contributed by atoms with van der Waals surface area (Å²) >= 11 is 40.5. The molecular formula is C45H32Cl7N6NaO5. The predicted octanol–water partition coefficient (Wildman–Crippen LogP) is 9.54. The SMILES string of the molecule is OCc1cc(Cl)cc(Cl)c1.Oc1ccc(-c2cc3c(Cl)ncnc3[nH]2)cc1.Oc1ccc(-c2cc3c(OCc4cc(Cl)cc(Cl)c4)ncnc3[nH]2)cc1.[Na+].[O-]Cc1cc(Cl)cc(Cl)c1. The number of aromatic nitrogens is 6. The topological polar surface area (TPSA) is 176 Å². The van der Waals surface area contributed by atoms with Crippen LogP contribution in [0.15, 0.2) is 128 Å². The van der Waals surface area contributed by atoms with Crippen LogP contribution in [0.1, 0.15) is 16.7 Å². The largest absolute Gasteiger partial charge is 1.00 e. The van der Waals surface area contributed by atoms with Gasteiger partial charge in [0.2, 0.25) is 5.88 Å². The molecule has 0 saturated heterocycles. The molecule has 64 heavy (non-hydrogen) atoms. The normalized spacial score (nSPS) is 10.5. The second kappa shape index (κ2) is 24.3. The Morgan fingerprint density at radius 2 is 0.906 bits per heavy atom. The zero-order valence-electron chi connectivity index (χ0n) is 33.3. The van der Waals surface area contributed by atoms with Crippen LogP contribution in [-0.4, -0.2) is 45.2 Å². The number of benzene rings is 5. The molecule has 11 nitrogen and oxygen atoms in total. The van der Waals surface area contributed by atoms with Crippen LogP contribution in [0.4, 0.5) is 0 Å². The molecule has 322 valence electrons. The number of hydrogen-bond donors (Lipinski definition) is 5. The van der Waals surface area contributed by atoms with Crippen molar-refractivity contribution in [2.75, 3.05) is 0 Å². The Hall–Kier alpha value is -4.31. The van der Waals surface area contributed by atoms with Crippen LogP contribution in [-0.2, 0) is 19.8 Å². The van der Waals surface area contributed by atoms with E-state index in [1.54, 1.807) is 78.9 Å². The number of rotatable bonds is 7. The molecular weight excluding hydrogens is 976 g/mol. The first-order valence-corrected chi connectivity index (χ1v) is 21.0. The number of phenolic OH excluding ortho intramolecular Hbond substituents is 2. The molecule has 0 aliphatic carbocycles. The van der Waals surface area contributed by atoms with Gasteiger partial charge in [0.05, 0.1) is 17.4 Å². The van der Waals surface area contributed by atoms with Crippen LogP contribution < -0.4 is 39.4 Å². The number of aromatic amines is 2. The zero-order valence-corrected chi connectivity index (χ0v) is 40.6. The van der Waals surface area contributed by atoms with Crippen molar-refractivity contribution in [1.29, 1.82) is 0 Å². The smallest absolute Gasteiger partial charge is 0.851 e. The minimum atomic E-state index is -0.278. The van der Waals surface area contributed by atoms with Crippen molar-refractivity contribution in [3.05, 3.63) is 180 Å². The van der Waals surface area contributed by atoms with Gasteiger partial charge in [-0.1, -0.05) is 86.8 Å². The van der Waals surface area contributed by atoms with Gasteiger partial charge in [-0.15, -0.1) is 6.61 Å². The van der Waals surface area contributed by atoms with Crippen molar-refractivity contribution >= 4 is 103 Å². The van der Waals surface area contributed by atoms with Crippen molar-refractivity contribution in [2.45, 2.75) is 19.8 Å². The number of aliphatic hydroxyl groups excluding tert-OH is 1. The fourth-order valence-corrected chi connectivity index (χ4v) is 7.68. The van der Waals surface area contributed by atoms with Gasteiger partial charge in [-0.05, 0) is 138 Å². The third-order valence-corrected chi connectivity index (χ3v) is 10.2. The third kappa shape index (κ3) is 14.6. The zero-order chi connectivity index (χ0) is 45.0. The van der Waals surface area contributed by atoms with E-state index >= 15 is 0 Å². The molecule has 0 atom stereocenters. The molecule has 0 spiro atoms. The monoisotopic (exact) mass is 1000 g/mol. The minimum Gasteiger partial charge on any atom is -0.851 e. The number of H-pyrrole nitrogens is 2. The molecule has 9 aromatic rings. The second-order valence-corrected chi connectivity index (χ2v) is 16.2. The Kier molecular flexibility index (Phi) is 19.2. The van der Waals surface area contributed by atoms with Gasteiger partial charge in [0.25, 0.3) is 0 Å². The maximum Gasteiger partial charge on any atom is 1.00 e. The quantitative estimate of drug-likeness (QED) is 0.0769. The van der Waals surface area contributed by atoms with Crippen LogP contribution in [0.2, 0.25) is 35.3 Å². The second-order valence-electron chi connectivity index (χ2n) is 13.3. The third-order valence-electron chi connectivity index (χ3n) is 8.61. The maximum atomic E-state index is 10.3. The van der Waals surface area contributed by atoms with E-state index in [1.165, 1.54) is 12.7 Å². The molecule has 0 fully saturated rings. The van der Waals surface area contributed by atoms with E-state index < -0.39 is 0 Å². The van der Waals surface area contributed by atoms with Crippen molar-refractivity contribution in [3.8, 4) is 39.9 Å². The number of ether oxygens (including phenoxy) is 1. The van der Waals surface area contributed by atoms with Gasteiger partial charge in [-0.3, -0.25) is 0 Å². The van der Waals surface area contributed by atoms with Crippen molar-refractivity contribution in [2.24, 2.45) is 0 Å². The first kappa shape index (κ1) is 50.7. The van der Waals surface area contributed by atoms with Gasteiger partial charge in [-0.2, -0.15) is 0 Å². The van der Waals surface area contributed by atoms with Crippen LogP contribution in [0.25, 0.3) is 44.6 Å². The Labute approximate surface area is 423 Å². The average molecular weight is 1010 g/mol. The molecule has 0 aliphatic heterocycles. The number of halogens is 7.